The summed E-state index contributed by atoms with van der Waals surface area (Å²) >= 11 is 0. The average molecular weight is 485 g/mol. The number of methoxy groups -OCH3 is 3. The van der Waals surface area contributed by atoms with E-state index < -0.39 is 22.5 Å². The van der Waals surface area contributed by atoms with Crippen molar-refractivity contribution in [2.75, 3.05) is 39.2 Å². The Labute approximate surface area is 200 Å². The van der Waals surface area contributed by atoms with E-state index in [2.05, 4.69) is 0 Å². The van der Waals surface area contributed by atoms with Gasteiger partial charge in [0.05, 0.1) is 31.9 Å². The largest absolute Gasteiger partial charge is 0.497 e. The molecular formula is C25H28N2O6S. The van der Waals surface area contributed by atoms with Gasteiger partial charge in [-0.05, 0) is 30.3 Å². The van der Waals surface area contributed by atoms with Crippen LogP contribution in [0.2, 0.25) is 0 Å². The summed E-state index contributed by atoms with van der Waals surface area (Å²) in [5.74, 6) is 0.958. The number of carbonyl (C=O) groups excluding carboxylic acids is 1. The van der Waals surface area contributed by atoms with Crippen molar-refractivity contribution < 1.29 is 27.4 Å². The molecule has 180 valence electrons. The molecule has 0 aromatic heterocycles. The van der Waals surface area contributed by atoms with Crippen LogP contribution in [0.5, 0.6) is 17.2 Å². The highest BCUT2D eigenvalue weighted by atomic mass is 32.2. The van der Waals surface area contributed by atoms with Gasteiger partial charge in [-0.2, -0.15) is 0 Å². The second kappa shape index (κ2) is 10.9. The highest BCUT2D eigenvalue weighted by Crippen LogP contribution is 2.35. The number of carbonyl (C=O) groups is 1. The highest BCUT2D eigenvalue weighted by molar-refractivity contribution is 7.92. The number of ether oxygens (including phenoxy) is 3. The van der Waals surface area contributed by atoms with Crippen LogP contribution in [-0.4, -0.2) is 54.1 Å². The van der Waals surface area contributed by atoms with Gasteiger partial charge in [0.15, 0.2) is 0 Å². The normalized spacial score (nSPS) is 10.9. The Hall–Kier alpha value is -3.72. The smallest absolute Gasteiger partial charge is 0.264 e. The zero-order chi connectivity index (χ0) is 24.7. The molecule has 34 heavy (non-hydrogen) atoms. The first kappa shape index (κ1) is 24.9. The Morgan fingerprint density at radius 3 is 2.12 bits per heavy atom. The molecule has 1 amide bonds. The summed E-state index contributed by atoms with van der Waals surface area (Å²) in [6, 6.07) is 20.1. The molecule has 0 unspecified atom stereocenters. The van der Waals surface area contributed by atoms with E-state index in [1.807, 2.05) is 18.2 Å². The van der Waals surface area contributed by atoms with E-state index in [4.69, 9.17) is 14.2 Å². The minimum absolute atomic E-state index is 0.0556. The number of rotatable bonds is 10. The Morgan fingerprint density at radius 2 is 1.47 bits per heavy atom. The number of hydrogen-bond donors (Lipinski definition) is 0. The number of nitrogens with zero attached hydrogens (tertiary/aromatic N) is 2. The molecule has 0 saturated carbocycles. The van der Waals surface area contributed by atoms with Crippen LogP contribution in [0.4, 0.5) is 5.69 Å². The summed E-state index contributed by atoms with van der Waals surface area (Å²) in [7, 11) is 1.99. The standard InChI is InChI=1S/C25H28N2O6S/c1-26(17-19-10-8-9-13-23(19)32-3)25(28)18-27(34(29,30)21-11-6-5-7-12-21)22-16-20(31-2)14-15-24(22)33-4/h5-16H,17-18H2,1-4H3. The van der Waals surface area contributed by atoms with Gasteiger partial charge in [0.25, 0.3) is 10.0 Å². The van der Waals surface area contributed by atoms with Crippen LogP contribution in [-0.2, 0) is 21.4 Å². The van der Waals surface area contributed by atoms with E-state index in [1.54, 1.807) is 50.6 Å². The molecule has 0 fully saturated rings. The second-order valence-electron chi connectivity index (χ2n) is 7.42. The Kier molecular flexibility index (Phi) is 8.01. The second-order valence-corrected chi connectivity index (χ2v) is 9.29. The fourth-order valence-corrected chi connectivity index (χ4v) is 4.87. The lowest BCUT2D eigenvalue weighted by molar-refractivity contribution is -0.128. The Morgan fingerprint density at radius 1 is 0.824 bits per heavy atom. The highest BCUT2D eigenvalue weighted by Gasteiger charge is 2.31. The van der Waals surface area contributed by atoms with E-state index in [1.165, 1.54) is 37.3 Å². The predicted octanol–water partition coefficient (Wildman–Crippen LogP) is 3.57. The third kappa shape index (κ3) is 5.43. The molecule has 0 N–H and O–H groups in total. The van der Waals surface area contributed by atoms with Crippen LogP contribution < -0.4 is 18.5 Å². The monoisotopic (exact) mass is 484 g/mol. The summed E-state index contributed by atoms with van der Waals surface area (Å²) in [6.07, 6.45) is 0. The maximum atomic E-state index is 13.7. The average Bonchev–Trinajstić information content (AvgIpc) is 2.87. The zero-order valence-corrected chi connectivity index (χ0v) is 20.4. The summed E-state index contributed by atoms with van der Waals surface area (Å²) in [5, 5.41) is 0. The van der Waals surface area contributed by atoms with Gasteiger partial charge >= 0.3 is 0 Å². The van der Waals surface area contributed by atoms with E-state index in [9.17, 15) is 13.2 Å². The van der Waals surface area contributed by atoms with Crippen LogP contribution in [0, 0.1) is 0 Å². The molecule has 0 heterocycles. The quantitative estimate of drug-likeness (QED) is 0.437. The first-order valence-corrected chi connectivity index (χ1v) is 11.9. The Balaban J connectivity index is 2.00. The van der Waals surface area contributed by atoms with Crippen molar-refractivity contribution in [3.05, 3.63) is 78.4 Å². The topological polar surface area (TPSA) is 85.4 Å². The number of sulfonamides is 1. The molecule has 0 aliphatic carbocycles. The summed E-state index contributed by atoms with van der Waals surface area (Å²) in [4.78, 5) is 14.8. The van der Waals surface area contributed by atoms with Gasteiger partial charge in [0.2, 0.25) is 5.91 Å². The minimum atomic E-state index is -4.10. The molecule has 3 aromatic carbocycles. The maximum Gasteiger partial charge on any atom is 0.264 e. The third-order valence-electron chi connectivity index (χ3n) is 5.29. The molecule has 8 nitrogen and oxygen atoms in total. The summed E-state index contributed by atoms with van der Waals surface area (Å²) in [5.41, 5.74) is 1.00. The molecule has 3 rings (SSSR count). The van der Waals surface area contributed by atoms with Crippen LogP contribution in [0.1, 0.15) is 5.56 Å². The number of anilines is 1. The lowest BCUT2D eigenvalue weighted by Gasteiger charge is -2.28. The maximum absolute atomic E-state index is 13.7. The van der Waals surface area contributed by atoms with Crippen molar-refractivity contribution >= 4 is 21.6 Å². The fraction of sp³-hybridized carbons (Fsp3) is 0.240. The van der Waals surface area contributed by atoms with E-state index in [0.29, 0.717) is 17.2 Å². The van der Waals surface area contributed by atoms with Gasteiger partial charge in [0, 0.05) is 25.2 Å². The minimum Gasteiger partial charge on any atom is -0.497 e. The van der Waals surface area contributed by atoms with Crippen molar-refractivity contribution in [2.45, 2.75) is 11.4 Å². The van der Waals surface area contributed by atoms with Gasteiger partial charge in [-0.15, -0.1) is 0 Å². The van der Waals surface area contributed by atoms with Crippen molar-refractivity contribution in [3.8, 4) is 17.2 Å². The molecule has 0 bridgehead atoms. The summed E-state index contributed by atoms with van der Waals surface area (Å²) in [6.45, 7) is -0.191. The van der Waals surface area contributed by atoms with Gasteiger partial charge in [0.1, 0.15) is 23.8 Å². The van der Waals surface area contributed by atoms with Crippen molar-refractivity contribution in [1.82, 2.24) is 4.90 Å². The first-order chi connectivity index (χ1) is 16.3. The van der Waals surface area contributed by atoms with E-state index in [-0.39, 0.29) is 17.1 Å². The van der Waals surface area contributed by atoms with Crippen molar-refractivity contribution in [3.63, 3.8) is 0 Å². The number of hydrogen-bond acceptors (Lipinski definition) is 6. The fourth-order valence-electron chi connectivity index (χ4n) is 3.43. The summed E-state index contributed by atoms with van der Waals surface area (Å²) < 4.78 is 44.4. The number of likely N-dealkylation sites (N-methyl/N-ethyl adjacent to an activating group) is 1. The van der Waals surface area contributed by atoms with Gasteiger partial charge in [-0.3, -0.25) is 9.10 Å². The van der Waals surface area contributed by atoms with Crippen LogP contribution in [0.25, 0.3) is 0 Å². The molecule has 0 aliphatic rings. The molecule has 0 spiro atoms. The van der Waals surface area contributed by atoms with Gasteiger partial charge in [-0.1, -0.05) is 36.4 Å². The lowest BCUT2D eigenvalue weighted by Crippen LogP contribution is -2.41. The molecule has 0 atom stereocenters. The molecular weight excluding hydrogens is 456 g/mol. The number of benzene rings is 3. The molecule has 3 aromatic rings. The van der Waals surface area contributed by atoms with Crippen LogP contribution >= 0.6 is 0 Å². The zero-order valence-electron chi connectivity index (χ0n) is 19.6. The van der Waals surface area contributed by atoms with Crippen molar-refractivity contribution in [2.24, 2.45) is 0 Å². The van der Waals surface area contributed by atoms with E-state index in [0.717, 1.165) is 9.87 Å². The number of para-hydroxylation sites is 1. The van der Waals surface area contributed by atoms with Crippen LogP contribution in [0.3, 0.4) is 0 Å². The first-order valence-electron chi connectivity index (χ1n) is 10.5. The lowest BCUT2D eigenvalue weighted by atomic mass is 10.2. The predicted molar refractivity (Wildman–Crippen MR) is 130 cm³/mol. The molecule has 0 aliphatic heterocycles. The molecule has 9 heteroatoms. The molecule has 0 radical (unpaired) electrons. The van der Waals surface area contributed by atoms with Crippen LogP contribution in [0.15, 0.2) is 77.7 Å². The SMILES string of the molecule is COc1ccc(OC)c(N(CC(=O)N(C)Cc2ccccc2OC)S(=O)(=O)c2ccccc2)c1. The van der Waals surface area contributed by atoms with Gasteiger partial charge < -0.3 is 19.1 Å². The van der Waals surface area contributed by atoms with E-state index >= 15 is 0 Å². The number of amides is 1. The molecule has 0 saturated heterocycles. The van der Waals surface area contributed by atoms with Gasteiger partial charge in [-0.25, -0.2) is 8.42 Å². The van der Waals surface area contributed by atoms with Crippen molar-refractivity contribution in [1.29, 1.82) is 0 Å². The third-order valence-corrected chi connectivity index (χ3v) is 7.06. The Bertz CT molecular complexity index is 1230.